The van der Waals surface area contributed by atoms with E-state index < -0.39 is 0 Å². The maximum atomic E-state index is 5.44. The van der Waals surface area contributed by atoms with E-state index in [0.717, 1.165) is 0 Å². The van der Waals surface area contributed by atoms with Crippen LogP contribution in [-0.4, -0.2) is 20.4 Å². The van der Waals surface area contributed by atoms with Gasteiger partial charge in [-0.3, -0.25) is 5.32 Å². The molecule has 1 unspecified atom stereocenters. The fourth-order valence-electron chi connectivity index (χ4n) is 2.60. The average molecular weight is 201 g/mol. The smallest absolute Gasteiger partial charge is 0.113 e. The van der Waals surface area contributed by atoms with Gasteiger partial charge in [0.25, 0.3) is 0 Å². The lowest BCUT2D eigenvalue weighted by atomic mass is 9.91. The summed E-state index contributed by atoms with van der Waals surface area (Å²) in [5.41, 5.74) is 0.821. The van der Waals surface area contributed by atoms with E-state index in [1.807, 2.05) is 20.9 Å². The molecule has 1 aliphatic carbocycles. The third-order valence-corrected chi connectivity index (χ3v) is 3.61. The van der Waals surface area contributed by atoms with Crippen molar-refractivity contribution < 1.29 is 4.74 Å². The zero-order valence-electron chi connectivity index (χ0n) is 10.9. The molecule has 1 aliphatic rings. The number of hydrogen-bond acceptors (Lipinski definition) is 2. The van der Waals surface area contributed by atoms with Crippen molar-refractivity contribution in [2.24, 2.45) is 10.8 Å². The molecule has 2 atom stereocenters. The molecule has 0 aromatic rings. The number of nitrogens with one attached hydrogen (secondary N) is 1. The second-order valence-corrected chi connectivity index (χ2v) is 4.47. The monoisotopic (exact) mass is 201 g/mol. The highest BCUT2D eigenvalue weighted by Crippen LogP contribution is 2.67. The predicted octanol–water partition coefficient (Wildman–Crippen LogP) is 3.03. The third-order valence-electron chi connectivity index (χ3n) is 3.61. The van der Waals surface area contributed by atoms with Crippen LogP contribution in [0.5, 0.6) is 0 Å². The molecular formula is C12H27NO. The van der Waals surface area contributed by atoms with Gasteiger partial charge in [0.15, 0.2) is 0 Å². The molecule has 86 valence electrons. The minimum atomic E-state index is 0.220. The van der Waals surface area contributed by atoms with Crippen LogP contribution in [0.3, 0.4) is 0 Å². The molecule has 1 fully saturated rings. The Morgan fingerprint density at radius 3 is 1.86 bits per heavy atom. The lowest BCUT2D eigenvalue weighted by molar-refractivity contribution is 0.00167. The van der Waals surface area contributed by atoms with E-state index in [1.165, 1.54) is 12.8 Å². The Balaban J connectivity index is 0.000000791. The van der Waals surface area contributed by atoms with Crippen molar-refractivity contribution >= 4 is 0 Å². The summed E-state index contributed by atoms with van der Waals surface area (Å²) in [5, 5.41) is 3.24. The van der Waals surface area contributed by atoms with Gasteiger partial charge in [0.2, 0.25) is 0 Å². The van der Waals surface area contributed by atoms with Crippen LogP contribution in [0, 0.1) is 10.8 Å². The molecule has 0 aromatic carbocycles. The lowest BCUT2D eigenvalue weighted by Crippen LogP contribution is -2.38. The van der Waals surface area contributed by atoms with Gasteiger partial charge >= 0.3 is 0 Å². The Morgan fingerprint density at radius 1 is 1.36 bits per heavy atom. The van der Waals surface area contributed by atoms with Crippen LogP contribution < -0.4 is 5.32 Å². The highest BCUT2D eigenvalue weighted by molar-refractivity contribution is 5.11. The van der Waals surface area contributed by atoms with Crippen molar-refractivity contribution in [1.29, 1.82) is 0 Å². The number of ether oxygens (including phenoxy) is 1. The largest absolute Gasteiger partial charge is 0.366 e. The first-order valence-electron chi connectivity index (χ1n) is 5.74. The zero-order valence-corrected chi connectivity index (χ0v) is 10.9. The van der Waals surface area contributed by atoms with Gasteiger partial charge in [-0.1, -0.05) is 34.6 Å². The number of rotatable bonds is 4. The van der Waals surface area contributed by atoms with Gasteiger partial charge in [0, 0.05) is 12.5 Å². The van der Waals surface area contributed by atoms with Crippen LogP contribution in [0.2, 0.25) is 0 Å². The molecule has 0 amide bonds. The Labute approximate surface area is 89.4 Å². The summed E-state index contributed by atoms with van der Waals surface area (Å²) in [7, 11) is 3.76. The lowest BCUT2D eigenvalue weighted by Gasteiger charge is -2.27. The maximum absolute atomic E-state index is 5.44. The Bertz CT molecular complexity index is 164. The van der Waals surface area contributed by atoms with Gasteiger partial charge in [0.1, 0.15) is 6.23 Å². The fraction of sp³-hybridized carbons (Fsp3) is 1.00. The summed E-state index contributed by atoms with van der Waals surface area (Å²) in [6, 6.07) is 0. The Kier molecular flexibility index (Phi) is 5.10. The fourth-order valence-corrected chi connectivity index (χ4v) is 2.60. The van der Waals surface area contributed by atoms with Crippen LogP contribution in [0.4, 0.5) is 0 Å². The third kappa shape index (κ3) is 2.12. The van der Waals surface area contributed by atoms with E-state index >= 15 is 0 Å². The van der Waals surface area contributed by atoms with Crippen LogP contribution in [-0.2, 0) is 4.74 Å². The summed E-state index contributed by atoms with van der Waals surface area (Å²) in [6.45, 7) is 10.9. The molecule has 1 saturated carbocycles. The zero-order chi connectivity index (χ0) is 11.4. The molecule has 14 heavy (non-hydrogen) atoms. The van der Waals surface area contributed by atoms with Crippen LogP contribution in [0.15, 0.2) is 0 Å². The van der Waals surface area contributed by atoms with Gasteiger partial charge < -0.3 is 4.74 Å². The molecule has 0 spiro atoms. The Morgan fingerprint density at radius 2 is 1.79 bits per heavy atom. The van der Waals surface area contributed by atoms with Gasteiger partial charge in [-0.25, -0.2) is 0 Å². The van der Waals surface area contributed by atoms with E-state index in [2.05, 4.69) is 26.1 Å². The predicted molar refractivity (Wildman–Crippen MR) is 62.3 cm³/mol. The summed E-state index contributed by atoms with van der Waals surface area (Å²) in [4.78, 5) is 0. The molecular weight excluding hydrogens is 174 g/mol. The molecule has 0 aromatic heterocycles. The summed E-state index contributed by atoms with van der Waals surface area (Å²) >= 11 is 0. The van der Waals surface area contributed by atoms with E-state index in [4.69, 9.17) is 4.74 Å². The number of hydrogen-bond donors (Lipinski definition) is 1. The maximum Gasteiger partial charge on any atom is 0.113 e. The molecule has 0 aliphatic heterocycles. The quantitative estimate of drug-likeness (QED) is 0.706. The first kappa shape index (κ1) is 13.9. The second-order valence-electron chi connectivity index (χ2n) is 4.47. The van der Waals surface area contributed by atoms with Crippen LogP contribution in [0.1, 0.15) is 47.5 Å². The number of methoxy groups -OCH3 is 1. The van der Waals surface area contributed by atoms with E-state index in [0.29, 0.717) is 10.8 Å². The van der Waals surface area contributed by atoms with Crippen molar-refractivity contribution in [2.75, 3.05) is 14.2 Å². The molecule has 2 nitrogen and oxygen atoms in total. The second kappa shape index (κ2) is 5.13. The minimum absolute atomic E-state index is 0.220. The topological polar surface area (TPSA) is 21.3 Å². The van der Waals surface area contributed by atoms with Crippen molar-refractivity contribution in [3.8, 4) is 0 Å². The first-order chi connectivity index (χ1) is 6.54. The summed E-state index contributed by atoms with van der Waals surface area (Å²) in [5.74, 6) is 0. The molecule has 0 heterocycles. The summed E-state index contributed by atoms with van der Waals surface area (Å²) < 4.78 is 5.44. The van der Waals surface area contributed by atoms with Crippen LogP contribution in [0.25, 0.3) is 0 Å². The highest BCUT2D eigenvalue weighted by Gasteiger charge is 2.63. The molecule has 0 radical (unpaired) electrons. The molecule has 0 saturated heterocycles. The van der Waals surface area contributed by atoms with Crippen molar-refractivity contribution in [3.63, 3.8) is 0 Å². The summed E-state index contributed by atoms with van der Waals surface area (Å²) in [6.07, 6.45) is 2.69. The normalized spacial score (nSPS) is 30.2. The molecule has 1 N–H and O–H groups in total. The van der Waals surface area contributed by atoms with Crippen molar-refractivity contribution in [3.05, 3.63) is 0 Å². The Hall–Kier alpha value is -0.0800. The van der Waals surface area contributed by atoms with Crippen LogP contribution >= 0.6 is 0 Å². The van der Waals surface area contributed by atoms with Gasteiger partial charge in [-0.2, -0.15) is 0 Å². The SMILES string of the molecule is CC.CCC1([C@@H](NC)OC)CC1(C)C. The van der Waals surface area contributed by atoms with Crippen molar-refractivity contribution in [2.45, 2.75) is 53.7 Å². The van der Waals surface area contributed by atoms with Gasteiger partial charge in [-0.15, -0.1) is 0 Å². The minimum Gasteiger partial charge on any atom is -0.366 e. The van der Waals surface area contributed by atoms with Crippen molar-refractivity contribution in [1.82, 2.24) is 5.32 Å². The van der Waals surface area contributed by atoms with E-state index in [9.17, 15) is 0 Å². The highest BCUT2D eigenvalue weighted by atomic mass is 16.5. The molecule has 0 bridgehead atoms. The molecule has 2 heteroatoms. The standard InChI is InChI=1S/C10H21NO.C2H6/c1-6-10(7-9(10,2)3)8(11-4)12-5;1-2/h8,11H,6-7H2,1-5H3;1-2H3/t8-,10?;/m0./s1. The van der Waals surface area contributed by atoms with Gasteiger partial charge in [-0.05, 0) is 25.3 Å². The van der Waals surface area contributed by atoms with E-state index in [1.54, 1.807) is 7.11 Å². The average Bonchev–Trinajstić information content (AvgIpc) is 2.75. The van der Waals surface area contributed by atoms with E-state index in [-0.39, 0.29) is 6.23 Å². The first-order valence-corrected chi connectivity index (χ1v) is 5.74. The van der Waals surface area contributed by atoms with Gasteiger partial charge in [0.05, 0.1) is 0 Å². The molecule has 1 rings (SSSR count).